The number of nitrogens with zero attached hydrogens (tertiary/aromatic N) is 3. The van der Waals surface area contributed by atoms with Crippen molar-refractivity contribution in [2.75, 3.05) is 0 Å². The van der Waals surface area contributed by atoms with Crippen LogP contribution in [0.25, 0.3) is 44.2 Å². The molecule has 2 heterocycles. The average molecular weight is 644 g/mol. The van der Waals surface area contributed by atoms with Crippen LogP contribution in [0.2, 0.25) is 0 Å². The van der Waals surface area contributed by atoms with Crippen LogP contribution < -0.4 is 0 Å². The molecular formula is C32H25IrN3-2. The second-order valence-corrected chi connectivity index (χ2v) is 8.60. The number of aryl methyl sites for hydroxylation is 3. The number of benzene rings is 4. The first kappa shape index (κ1) is 25.4. The summed E-state index contributed by atoms with van der Waals surface area (Å²) in [5.74, 6) is 0.728. The molecule has 0 aliphatic heterocycles. The maximum absolute atomic E-state index is 4.54. The maximum atomic E-state index is 4.54. The molecule has 0 N–H and O–H groups in total. The van der Waals surface area contributed by atoms with E-state index in [4.69, 9.17) is 0 Å². The molecule has 6 aromatic rings. The molecule has 36 heavy (non-hydrogen) atoms. The van der Waals surface area contributed by atoms with Crippen molar-refractivity contribution in [3.8, 4) is 22.5 Å². The van der Waals surface area contributed by atoms with Gasteiger partial charge in [-0.1, -0.05) is 55.5 Å². The number of pyridine rings is 1. The van der Waals surface area contributed by atoms with Gasteiger partial charge in [0.15, 0.2) is 0 Å². The van der Waals surface area contributed by atoms with Crippen LogP contribution >= 0.6 is 0 Å². The van der Waals surface area contributed by atoms with Crippen LogP contribution in [-0.4, -0.2) is 15.0 Å². The molecule has 2 aromatic heterocycles. The van der Waals surface area contributed by atoms with Gasteiger partial charge < -0.3 is 4.98 Å². The van der Waals surface area contributed by atoms with Gasteiger partial charge in [-0.3, -0.25) is 9.97 Å². The molecular weight excluding hydrogens is 619 g/mol. The summed E-state index contributed by atoms with van der Waals surface area (Å²) in [5.41, 5.74) is 7.65. The number of rotatable bonds is 2. The quantitative estimate of drug-likeness (QED) is 0.143. The maximum Gasteiger partial charge on any atom is 0.0751 e. The van der Waals surface area contributed by atoms with Crippen LogP contribution in [0.3, 0.4) is 0 Å². The standard InChI is InChI=1S/C18H15N2.C14H10N.Ir/c1-13-12-19-18(20-14(13)2)17-10-6-9-16(11-17)15-7-4-3-5-8-15;1-10-4-7-13-12(9-10)6-5-11-3-2-8-15-14(11)13;/h3-9,11-12H,1-2H3;2-6,8-9H,1H3;/q2*-1;. The van der Waals surface area contributed by atoms with E-state index in [-0.39, 0.29) is 20.1 Å². The van der Waals surface area contributed by atoms with E-state index in [9.17, 15) is 0 Å². The fourth-order valence-electron chi connectivity index (χ4n) is 3.97. The predicted octanol–water partition coefficient (Wildman–Crippen LogP) is 7.72. The van der Waals surface area contributed by atoms with E-state index in [1.807, 2.05) is 62.6 Å². The first-order valence-electron chi connectivity index (χ1n) is 11.6. The molecule has 179 valence electrons. The monoisotopic (exact) mass is 644 g/mol. The van der Waals surface area contributed by atoms with E-state index < -0.39 is 0 Å². The zero-order chi connectivity index (χ0) is 24.2. The molecule has 0 aliphatic carbocycles. The Labute approximate surface area is 225 Å². The SMILES string of the molecule is Cc1c[c-]c2c(ccc3cccnc32)c1.Cc1cnc(-c2[c-]ccc(-c3ccccc3)c2)nc1C.[Ir]. The van der Waals surface area contributed by atoms with Crippen molar-refractivity contribution in [1.82, 2.24) is 15.0 Å². The molecule has 0 saturated carbocycles. The van der Waals surface area contributed by atoms with Gasteiger partial charge in [-0.05, 0) is 41.9 Å². The number of fused-ring (bicyclic) bond motifs is 3. The van der Waals surface area contributed by atoms with Crippen molar-refractivity contribution in [2.45, 2.75) is 20.8 Å². The Balaban J connectivity index is 0.000000170. The van der Waals surface area contributed by atoms with Crippen LogP contribution in [-0.2, 0) is 20.1 Å². The molecule has 3 nitrogen and oxygen atoms in total. The third kappa shape index (κ3) is 5.57. The molecule has 0 saturated heterocycles. The minimum Gasteiger partial charge on any atom is -0.304 e. The van der Waals surface area contributed by atoms with Crippen molar-refractivity contribution >= 4 is 21.7 Å². The van der Waals surface area contributed by atoms with E-state index >= 15 is 0 Å². The van der Waals surface area contributed by atoms with Crippen LogP contribution in [0, 0.1) is 32.9 Å². The first-order chi connectivity index (χ1) is 17.1. The Hall–Kier alpha value is -3.72. The predicted molar refractivity (Wildman–Crippen MR) is 144 cm³/mol. The molecule has 6 rings (SSSR count). The second kappa shape index (κ2) is 11.3. The Morgan fingerprint density at radius 1 is 0.722 bits per heavy atom. The minimum atomic E-state index is 0. The number of hydrogen-bond acceptors (Lipinski definition) is 3. The smallest absolute Gasteiger partial charge is 0.0751 e. The van der Waals surface area contributed by atoms with Gasteiger partial charge in [0.1, 0.15) is 0 Å². The normalized spacial score (nSPS) is 10.4. The summed E-state index contributed by atoms with van der Waals surface area (Å²) in [6, 6.07) is 35.3. The summed E-state index contributed by atoms with van der Waals surface area (Å²) >= 11 is 0. The van der Waals surface area contributed by atoms with Gasteiger partial charge in [0, 0.05) is 38.2 Å². The molecule has 4 heteroatoms. The summed E-state index contributed by atoms with van der Waals surface area (Å²) in [4.78, 5) is 13.3. The van der Waals surface area contributed by atoms with Gasteiger partial charge in [0.2, 0.25) is 0 Å². The van der Waals surface area contributed by atoms with Gasteiger partial charge in [-0.15, -0.1) is 69.9 Å². The second-order valence-electron chi connectivity index (χ2n) is 8.60. The van der Waals surface area contributed by atoms with Crippen LogP contribution in [0.15, 0.2) is 97.3 Å². The third-order valence-electron chi connectivity index (χ3n) is 6.01. The van der Waals surface area contributed by atoms with Gasteiger partial charge >= 0.3 is 0 Å². The zero-order valence-corrected chi connectivity index (χ0v) is 22.8. The van der Waals surface area contributed by atoms with Crippen molar-refractivity contribution < 1.29 is 20.1 Å². The van der Waals surface area contributed by atoms with Crippen LogP contribution in [0.4, 0.5) is 0 Å². The minimum absolute atomic E-state index is 0. The van der Waals surface area contributed by atoms with Crippen molar-refractivity contribution in [3.05, 3.63) is 126 Å². The molecule has 0 aliphatic rings. The van der Waals surface area contributed by atoms with Gasteiger partial charge in [-0.2, -0.15) is 0 Å². The van der Waals surface area contributed by atoms with E-state index in [2.05, 4.69) is 82.5 Å². The molecule has 0 bridgehead atoms. The first-order valence-corrected chi connectivity index (χ1v) is 11.6. The topological polar surface area (TPSA) is 38.7 Å². The molecule has 1 radical (unpaired) electrons. The number of aromatic nitrogens is 3. The van der Waals surface area contributed by atoms with Crippen molar-refractivity contribution in [1.29, 1.82) is 0 Å². The van der Waals surface area contributed by atoms with Gasteiger partial charge in [0.05, 0.1) is 5.82 Å². The molecule has 0 spiro atoms. The largest absolute Gasteiger partial charge is 0.304 e. The van der Waals surface area contributed by atoms with E-state index in [1.165, 1.54) is 21.9 Å². The Morgan fingerprint density at radius 2 is 1.53 bits per heavy atom. The van der Waals surface area contributed by atoms with Gasteiger partial charge in [0.25, 0.3) is 0 Å². The van der Waals surface area contributed by atoms with Crippen molar-refractivity contribution in [3.63, 3.8) is 0 Å². The summed E-state index contributed by atoms with van der Waals surface area (Å²) in [6.45, 7) is 6.10. The summed E-state index contributed by atoms with van der Waals surface area (Å²) < 4.78 is 0. The molecule has 0 atom stereocenters. The van der Waals surface area contributed by atoms with Crippen LogP contribution in [0.1, 0.15) is 16.8 Å². The van der Waals surface area contributed by atoms with E-state index in [0.29, 0.717) is 0 Å². The average Bonchev–Trinajstić information content (AvgIpc) is 2.91. The van der Waals surface area contributed by atoms with E-state index in [0.717, 1.165) is 39.1 Å². The Kier molecular flexibility index (Phi) is 8.00. The fourth-order valence-corrected chi connectivity index (χ4v) is 3.97. The fraction of sp³-hybridized carbons (Fsp3) is 0.0938. The van der Waals surface area contributed by atoms with Crippen LogP contribution in [0.5, 0.6) is 0 Å². The zero-order valence-electron chi connectivity index (χ0n) is 20.4. The van der Waals surface area contributed by atoms with E-state index in [1.54, 1.807) is 0 Å². The summed E-state index contributed by atoms with van der Waals surface area (Å²) in [6.07, 6.45) is 3.69. The van der Waals surface area contributed by atoms with Gasteiger partial charge in [-0.25, -0.2) is 0 Å². The molecule has 4 aromatic carbocycles. The molecule has 0 amide bonds. The number of hydrogen-bond donors (Lipinski definition) is 0. The van der Waals surface area contributed by atoms with Crippen molar-refractivity contribution in [2.24, 2.45) is 0 Å². The summed E-state index contributed by atoms with van der Waals surface area (Å²) in [7, 11) is 0. The Bertz CT molecular complexity index is 1630. The third-order valence-corrected chi connectivity index (χ3v) is 6.01. The Morgan fingerprint density at radius 3 is 2.33 bits per heavy atom. The summed E-state index contributed by atoms with van der Waals surface area (Å²) in [5, 5.41) is 3.49. The molecule has 0 unspecified atom stereocenters. The molecule has 0 fully saturated rings.